The van der Waals surface area contributed by atoms with E-state index in [-0.39, 0.29) is 30.8 Å². The van der Waals surface area contributed by atoms with Crippen LogP contribution in [0.25, 0.3) is 0 Å². The molecule has 1 saturated heterocycles. The molecule has 0 N–H and O–H groups in total. The topological polar surface area (TPSA) is 77.5 Å². The average molecular weight is 501 g/mol. The molecule has 0 saturated carbocycles. The van der Waals surface area contributed by atoms with E-state index < -0.39 is 0 Å². The third-order valence-electron chi connectivity index (χ3n) is 7.69. The quantitative estimate of drug-likeness (QED) is 0.461. The zero-order valence-corrected chi connectivity index (χ0v) is 20.7. The number of hydrogen-bond donors (Lipinski definition) is 0. The summed E-state index contributed by atoms with van der Waals surface area (Å²) in [6, 6.07) is 13.4. The number of anilines is 1. The molecule has 0 aliphatic carbocycles. The van der Waals surface area contributed by atoms with Crippen molar-refractivity contribution in [3.63, 3.8) is 0 Å². The van der Waals surface area contributed by atoms with E-state index in [1.165, 1.54) is 0 Å². The number of rotatable bonds is 4. The highest BCUT2D eigenvalue weighted by molar-refractivity contribution is 6.08. The highest BCUT2D eigenvalue weighted by Crippen LogP contribution is 2.48. The lowest BCUT2D eigenvalue weighted by Crippen LogP contribution is -2.48. The number of carbonyl (C=O) groups is 2. The van der Waals surface area contributed by atoms with Gasteiger partial charge in [-0.1, -0.05) is 30.9 Å². The molecular formula is C29H28N2O6. The van der Waals surface area contributed by atoms with Crippen LogP contribution in [-0.2, 0) is 19.7 Å². The van der Waals surface area contributed by atoms with Gasteiger partial charge in [-0.25, -0.2) is 0 Å². The van der Waals surface area contributed by atoms with Crippen LogP contribution in [0.1, 0.15) is 35.7 Å². The van der Waals surface area contributed by atoms with Crippen LogP contribution < -0.4 is 14.4 Å². The normalized spacial score (nSPS) is 19.5. The van der Waals surface area contributed by atoms with E-state index in [0.717, 1.165) is 24.1 Å². The minimum Gasteiger partial charge on any atom is -0.458 e. The van der Waals surface area contributed by atoms with Crippen molar-refractivity contribution < 1.29 is 28.5 Å². The van der Waals surface area contributed by atoms with Crippen LogP contribution in [0.15, 0.2) is 78.3 Å². The molecule has 37 heavy (non-hydrogen) atoms. The number of hydrogen-bond acceptors (Lipinski definition) is 6. The number of benzene rings is 2. The van der Waals surface area contributed by atoms with Gasteiger partial charge in [-0.05, 0) is 55.7 Å². The summed E-state index contributed by atoms with van der Waals surface area (Å²) in [6.07, 6.45) is 4.77. The molecule has 190 valence electrons. The lowest BCUT2D eigenvalue weighted by molar-refractivity contribution is -0.128. The van der Waals surface area contributed by atoms with Gasteiger partial charge >= 0.3 is 0 Å². The Morgan fingerprint density at radius 1 is 0.973 bits per heavy atom. The summed E-state index contributed by atoms with van der Waals surface area (Å²) in [5.74, 6) is 2.30. The number of ether oxygens (including phenoxy) is 4. The molecule has 2 amide bonds. The van der Waals surface area contributed by atoms with Crippen molar-refractivity contribution in [1.29, 1.82) is 0 Å². The number of likely N-dealkylation sites (tertiary alicyclic amines) is 1. The summed E-state index contributed by atoms with van der Waals surface area (Å²) in [5, 5.41) is 0. The molecule has 0 aromatic heterocycles. The van der Waals surface area contributed by atoms with Gasteiger partial charge in [-0.2, -0.15) is 0 Å². The third kappa shape index (κ3) is 3.93. The zero-order valence-electron chi connectivity index (χ0n) is 20.7. The predicted octanol–water partition coefficient (Wildman–Crippen LogP) is 4.28. The molecule has 0 atom stereocenters. The van der Waals surface area contributed by atoms with Crippen molar-refractivity contribution in [2.75, 3.05) is 38.1 Å². The molecular weight excluding hydrogens is 472 g/mol. The van der Waals surface area contributed by atoms with Gasteiger partial charge in [0.1, 0.15) is 5.76 Å². The van der Waals surface area contributed by atoms with E-state index in [0.29, 0.717) is 53.8 Å². The molecule has 0 bridgehead atoms. The number of para-hydroxylation sites is 1. The van der Waals surface area contributed by atoms with Gasteiger partial charge < -0.3 is 28.7 Å². The van der Waals surface area contributed by atoms with Crippen molar-refractivity contribution in [3.8, 4) is 11.5 Å². The van der Waals surface area contributed by atoms with E-state index in [1.807, 2.05) is 34.9 Å². The van der Waals surface area contributed by atoms with Crippen molar-refractivity contribution in [2.45, 2.75) is 25.2 Å². The summed E-state index contributed by atoms with van der Waals surface area (Å²) in [4.78, 5) is 30.7. The maximum atomic E-state index is 13.6. The molecule has 6 rings (SSSR count). The van der Waals surface area contributed by atoms with Crippen molar-refractivity contribution in [3.05, 3.63) is 89.4 Å². The molecule has 4 aliphatic rings. The highest BCUT2D eigenvalue weighted by Gasteiger charge is 2.47. The van der Waals surface area contributed by atoms with Crippen LogP contribution in [0.2, 0.25) is 0 Å². The second kappa shape index (κ2) is 9.03. The SMILES string of the molecule is C=C/C(=C\C1=C(C)OCO1)C(=O)N1CCC2(CC1)CN(C(=O)c1ccc3c(c1)OCO3)c1ccccc12. The number of allylic oxidation sites excluding steroid dienone is 2. The standard InChI is InChI=1S/C29H28N2O6/c1-3-20(14-25-19(2)34-17-36-25)27(32)30-12-10-29(11-13-30)16-31(23-7-5-4-6-22(23)29)28(33)21-8-9-24-26(15-21)37-18-35-24/h3-9,14-15H,1,10-13,16-18H2,2H3/b20-14+. The number of nitrogens with zero attached hydrogens (tertiary/aromatic N) is 2. The molecule has 4 heterocycles. The highest BCUT2D eigenvalue weighted by atomic mass is 16.7. The number of fused-ring (bicyclic) bond motifs is 3. The molecule has 8 heteroatoms. The first-order chi connectivity index (χ1) is 18.0. The molecule has 1 fully saturated rings. The second-order valence-corrected chi connectivity index (χ2v) is 9.68. The summed E-state index contributed by atoms with van der Waals surface area (Å²) >= 11 is 0. The van der Waals surface area contributed by atoms with Gasteiger partial charge in [0.2, 0.25) is 13.6 Å². The first-order valence-corrected chi connectivity index (χ1v) is 12.4. The Morgan fingerprint density at radius 2 is 1.73 bits per heavy atom. The van der Waals surface area contributed by atoms with Gasteiger partial charge in [0.25, 0.3) is 11.8 Å². The van der Waals surface area contributed by atoms with Crippen LogP contribution in [0.3, 0.4) is 0 Å². The van der Waals surface area contributed by atoms with E-state index in [4.69, 9.17) is 18.9 Å². The van der Waals surface area contributed by atoms with E-state index in [2.05, 4.69) is 12.6 Å². The monoisotopic (exact) mass is 500 g/mol. The zero-order chi connectivity index (χ0) is 25.6. The van der Waals surface area contributed by atoms with Crippen LogP contribution in [-0.4, -0.2) is 49.9 Å². The summed E-state index contributed by atoms with van der Waals surface area (Å²) in [7, 11) is 0. The van der Waals surface area contributed by atoms with Crippen molar-refractivity contribution >= 4 is 17.5 Å². The van der Waals surface area contributed by atoms with Gasteiger partial charge in [0.15, 0.2) is 17.3 Å². The molecule has 2 aromatic carbocycles. The van der Waals surface area contributed by atoms with Crippen LogP contribution in [0, 0.1) is 0 Å². The number of amides is 2. The molecule has 0 unspecified atom stereocenters. The molecule has 8 nitrogen and oxygen atoms in total. The Balaban J connectivity index is 1.22. The maximum Gasteiger partial charge on any atom is 0.258 e. The van der Waals surface area contributed by atoms with Crippen LogP contribution in [0.5, 0.6) is 11.5 Å². The molecule has 0 radical (unpaired) electrons. The fourth-order valence-electron chi connectivity index (χ4n) is 5.59. The van der Waals surface area contributed by atoms with Gasteiger partial charge in [-0.3, -0.25) is 9.59 Å². The van der Waals surface area contributed by atoms with Gasteiger partial charge in [0.05, 0.1) is 0 Å². The van der Waals surface area contributed by atoms with E-state index >= 15 is 0 Å². The van der Waals surface area contributed by atoms with Crippen molar-refractivity contribution in [1.82, 2.24) is 4.90 Å². The van der Waals surface area contributed by atoms with Gasteiger partial charge in [-0.15, -0.1) is 0 Å². The summed E-state index contributed by atoms with van der Waals surface area (Å²) < 4.78 is 21.7. The van der Waals surface area contributed by atoms with Crippen LogP contribution in [0.4, 0.5) is 5.69 Å². The average Bonchev–Trinajstić information content (AvgIpc) is 3.65. The Hall–Kier alpha value is -4.20. The Bertz CT molecular complexity index is 1350. The second-order valence-electron chi connectivity index (χ2n) is 9.68. The lowest BCUT2D eigenvalue weighted by Gasteiger charge is -2.40. The van der Waals surface area contributed by atoms with E-state index in [1.54, 1.807) is 30.4 Å². The number of carbonyl (C=O) groups excluding carboxylic acids is 2. The van der Waals surface area contributed by atoms with Crippen molar-refractivity contribution in [2.24, 2.45) is 0 Å². The third-order valence-corrected chi connectivity index (χ3v) is 7.69. The molecule has 2 aromatic rings. The van der Waals surface area contributed by atoms with E-state index in [9.17, 15) is 9.59 Å². The first-order valence-electron chi connectivity index (χ1n) is 12.4. The summed E-state index contributed by atoms with van der Waals surface area (Å²) in [6.45, 7) is 7.70. The van der Waals surface area contributed by atoms with Crippen LogP contribution >= 0.6 is 0 Å². The Kier molecular flexibility index (Phi) is 5.67. The minimum absolute atomic E-state index is 0.0690. The largest absolute Gasteiger partial charge is 0.458 e. The molecule has 4 aliphatic heterocycles. The minimum atomic E-state index is -0.209. The molecule has 1 spiro atoms. The predicted molar refractivity (Wildman–Crippen MR) is 136 cm³/mol. The van der Waals surface area contributed by atoms with Gasteiger partial charge in [0, 0.05) is 41.9 Å². The Labute approximate surface area is 215 Å². The smallest absolute Gasteiger partial charge is 0.258 e. The Morgan fingerprint density at radius 3 is 2.49 bits per heavy atom. The fraction of sp³-hybridized carbons (Fsp3) is 0.310. The fourth-order valence-corrected chi connectivity index (χ4v) is 5.59. The first kappa shape index (κ1) is 23.2. The number of piperidine rings is 1. The maximum absolute atomic E-state index is 13.6. The summed E-state index contributed by atoms with van der Waals surface area (Å²) in [5.41, 5.74) is 2.92. The lowest BCUT2D eigenvalue weighted by atomic mass is 9.74.